The molecule has 0 aliphatic heterocycles. The van der Waals surface area contributed by atoms with E-state index in [4.69, 9.17) is 12.2 Å². The Bertz CT molecular complexity index is 745. The highest BCUT2D eigenvalue weighted by atomic mass is 32.1. The highest BCUT2D eigenvalue weighted by molar-refractivity contribution is 7.80. The lowest BCUT2D eigenvalue weighted by Crippen LogP contribution is -3.07. The van der Waals surface area contributed by atoms with E-state index in [0.29, 0.717) is 17.3 Å². The molecule has 1 atom stereocenters. The molecular weight excluding hydrogens is 348 g/mol. The van der Waals surface area contributed by atoms with Crippen molar-refractivity contribution in [3.05, 3.63) is 69.8 Å². The number of hydrogen-bond acceptors (Lipinski definition) is 3. The molecule has 0 aliphatic rings. The van der Waals surface area contributed by atoms with Crippen molar-refractivity contribution < 1.29 is 9.82 Å². The number of thiocarbonyl (C=S) groups is 1. The van der Waals surface area contributed by atoms with Gasteiger partial charge >= 0.3 is 0 Å². The van der Waals surface area contributed by atoms with Gasteiger partial charge in [-0.3, -0.25) is 10.1 Å². The molecule has 0 heterocycles. The van der Waals surface area contributed by atoms with Gasteiger partial charge in [0.05, 0.1) is 25.6 Å². The largest absolute Gasteiger partial charge is 0.356 e. The fourth-order valence-corrected chi connectivity index (χ4v) is 2.88. The number of hydrogen-bond donors (Lipinski definition) is 3. The molecule has 0 bridgehead atoms. The predicted octanol–water partition coefficient (Wildman–Crippen LogP) is 2.33. The lowest BCUT2D eigenvalue weighted by molar-refractivity contribution is -0.890. The third-order valence-electron chi connectivity index (χ3n) is 4.29. The normalized spacial score (nSPS) is 11.8. The van der Waals surface area contributed by atoms with Crippen LogP contribution >= 0.6 is 12.2 Å². The van der Waals surface area contributed by atoms with E-state index < -0.39 is 4.92 Å². The van der Waals surface area contributed by atoms with Crippen LogP contribution in [-0.4, -0.2) is 30.7 Å². The minimum absolute atomic E-state index is 0.0567. The Hall–Kier alpha value is -2.51. The summed E-state index contributed by atoms with van der Waals surface area (Å²) in [7, 11) is 4.24. The molecule has 7 heteroatoms. The van der Waals surface area contributed by atoms with Gasteiger partial charge in [-0.1, -0.05) is 31.2 Å². The molecule has 0 saturated heterocycles. The van der Waals surface area contributed by atoms with Gasteiger partial charge in [0.2, 0.25) is 0 Å². The van der Waals surface area contributed by atoms with Crippen molar-refractivity contribution in [1.29, 1.82) is 0 Å². The van der Waals surface area contributed by atoms with Crippen LogP contribution in [0, 0.1) is 10.1 Å². The molecule has 2 aromatic rings. The van der Waals surface area contributed by atoms with E-state index in [0.717, 1.165) is 6.42 Å². The van der Waals surface area contributed by atoms with Gasteiger partial charge in [-0.25, -0.2) is 0 Å². The summed E-state index contributed by atoms with van der Waals surface area (Å²) in [6, 6.07) is 15.1. The number of non-ortho nitro benzene ring substituents is 1. The molecule has 2 aromatic carbocycles. The summed E-state index contributed by atoms with van der Waals surface area (Å²) in [5.41, 5.74) is 3.35. The first-order valence-corrected chi connectivity index (χ1v) is 8.99. The van der Waals surface area contributed by atoms with E-state index in [1.54, 1.807) is 12.1 Å². The van der Waals surface area contributed by atoms with E-state index in [-0.39, 0.29) is 11.7 Å². The second kappa shape index (κ2) is 9.26. The quantitative estimate of drug-likeness (QED) is 0.395. The fraction of sp³-hybridized carbons (Fsp3) is 0.316. The number of rotatable bonds is 7. The molecule has 0 radical (unpaired) electrons. The van der Waals surface area contributed by atoms with E-state index in [1.807, 2.05) is 0 Å². The van der Waals surface area contributed by atoms with Crippen LogP contribution in [0.25, 0.3) is 0 Å². The summed E-state index contributed by atoms with van der Waals surface area (Å²) in [6.45, 7) is 2.83. The molecule has 138 valence electrons. The van der Waals surface area contributed by atoms with Gasteiger partial charge in [0.15, 0.2) is 5.11 Å². The highest BCUT2D eigenvalue weighted by Crippen LogP contribution is 2.15. The third-order valence-corrected chi connectivity index (χ3v) is 4.54. The second-order valence-corrected chi connectivity index (χ2v) is 6.77. The van der Waals surface area contributed by atoms with E-state index in [9.17, 15) is 10.1 Å². The zero-order valence-corrected chi connectivity index (χ0v) is 16.1. The molecule has 0 spiro atoms. The molecule has 0 unspecified atom stereocenters. The minimum Gasteiger partial charge on any atom is -0.356 e. The van der Waals surface area contributed by atoms with Crippen molar-refractivity contribution in [2.75, 3.05) is 26.0 Å². The Morgan fingerprint density at radius 3 is 2.27 bits per heavy atom. The number of likely N-dealkylation sites (N-methyl/N-ethyl adjacent to an activating group) is 1. The van der Waals surface area contributed by atoms with E-state index in [2.05, 4.69) is 55.9 Å². The van der Waals surface area contributed by atoms with Gasteiger partial charge in [-0.15, -0.1) is 0 Å². The lowest BCUT2D eigenvalue weighted by Gasteiger charge is -2.23. The van der Waals surface area contributed by atoms with E-state index >= 15 is 0 Å². The van der Waals surface area contributed by atoms with Crippen LogP contribution in [0.1, 0.15) is 24.1 Å². The first-order chi connectivity index (χ1) is 12.4. The highest BCUT2D eigenvalue weighted by Gasteiger charge is 2.18. The molecule has 3 N–H and O–H groups in total. The van der Waals surface area contributed by atoms with Gasteiger partial charge in [-0.05, 0) is 36.3 Å². The first-order valence-electron chi connectivity index (χ1n) is 8.59. The lowest BCUT2D eigenvalue weighted by atomic mass is 10.0. The molecular formula is C19H25N4O2S+. The third kappa shape index (κ3) is 5.50. The zero-order chi connectivity index (χ0) is 19.1. The number of nitrogens with zero attached hydrogens (tertiary/aromatic N) is 1. The van der Waals surface area contributed by atoms with Gasteiger partial charge < -0.3 is 15.5 Å². The van der Waals surface area contributed by atoms with Crippen LogP contribution in [0.5, 0.6) is 0 Å². The van der Waals surface area contributed by atoms with Crippen molar-refractivity contribution in [2.45, 2.75) is 19.4 Å². The van der Waals surface area contributed by atoms with Gasteiger partial charge in [0.1, 0.15) is 6.04 Å². The Morgan fingerprint density at radius 1 is 1.15 bits per heavy atom. The number of nitrogens with one attached hydrogen (secondary N) is 3. The molecule has 0 aliphatic carbocycles. The molecule has 2 rings (SSSR count). The van der Waals surface area contributed by atoms with Crippen LogP contribution in [0.3, 0.4) is 0 Å². The summed E-state index contributed by atoms with van der Waals surface area (Å²) >= 11 is 5.35. The topological polar surface area (TPSA) is 71.6 Å². The Labute approximate surface area is 159 Å². The SMILES string of the molecule is CCc1ccc([C@@H](CNC(=S)Nc2ccc([N+](=O)[O-])cc2)[NH+](C)C)cc1. The average Bonchev–Trinajstić information content (AvgIpc) is 2.62. The Morgan fingerprint density at radius 2 is 1.77 bits per heavy atom. The number of benzene rings is 2. The number of quaternary nitrogens is 1. The van der Waals surface area contributed by atoms with Crippen LogP contribution in [0.2, 0.25) is 0 Å². The standard InChI is InChI=1S/C19H24N4O2S/c1-4-14-5-7-15(8-6-14)18(22(2)3)13-20-19(26)21-16-9-11-17(12-10-16)23(24)25/h5-12,18H,4,13H2,1-3H3,(H2,20,21,26)/p+1/t18-/m1/s1. The van der Waals surface area contributed by atoms with Gasteiger partial charge in [0.25, 0.3) is 5.69 Å². The average molecular weight is 374 g/mol. The maximum atomic E-state index is 10.7. The summed E-state index contributed by atoms with van der Waals surface area (Å²) < 4.78 is 0. The molecule has 0 saturated carbocycles. The van der Waals surface area contributed by atoms with Crippen molar-refractivity contribution in [3.8, 4) is 0 Å². The summed E-state index contributed by atoms with van der Waals surface area (Å²) in [4.78, 5) is 11.6. The molecule has 0 fully saturated rings. The summed E-state index contributed by atoms with van der Waals surface area (Å²) in [5.74, 6) is 0. The van der Waals surface area contributed by atoms with Crippen LogP contribution < -0.4 is 15.5 Å². The number of nitro groups is 1. The van der Waals surface area contributed by atoms with Crippen LogP contribution in [0.4, 0.5) is 11.4 Å². The Balaban J connectivity index is 1.95. The Kier molecular flexibility index (Phi) is 7.06. The fourth-order valence-electron chi connectivity index (χ4n) is 2.68. The van der Waals surface area contributed by atoms with Crippen molar-refractivity contribution in [2.24, 2.45) is 0 Å². The van der Waals surface area contributed by atoms with Crippen LogP contribution in [0.15, 0.2) is 48.5 Å². The smallest absolute Gasteiger partial charge is 0.269 e. The van der Waals surface area contributed by atoms with Crippen LogP contribution in [-0.2, 0) is 6.42 Å². The number of aryl methyl sites for hydroxylation is 1. The van der Waals surface area contributed by atoms with Crippen molar-refractivity contribution >= 4 is 28.7 Å². The molecule has 26 heavy (non-hydrogen) atoms. The maximum Gasteiger partial charge on any atom is 0.269 e. The molecule has 6 nitrogen and oxygen atoms in total. The predicted molar refractivity (Wildman–Crippen MR) is 109 cm³/mol. The van der Waals surface area contributed by atoms with Gasteiger partial charge in [0, 0.05) is 23.4 Å². The maximum absolute atomic E-state index is 10.7. The number of nitro benzene ring substituents is 1. The first kappa shape index (κ1) is 19.8. The number of anilines is 1. The van der Waals surface area contributed by atoms with Gasteiger partial charge in [-0.2, -0.15) is 0 Å². The van der Waals surface area contributed by atoms with Crippen molar-refractivity contribution in [1.82, 2.24) is 5.32 Å². The minimum atomic E-state index is -0.422. The monoisotopic (exact) mass is 373 g/mol. The van der Waals surface area contributed by atoms with Crippen molar-refractivity contribution in [3.63, 3.8) is 0 Å². The zero-order valence-electron chi connectivity index (χ0n) is 15.3. The summed E-state index contributed by atoms with van der Waals surface area (Å²) in [5, 5.41) is 17.5. The summed E-state index contributed by atoms with van der Waals surface area (Å²) in [6.07, 6.45) is 1.03. The molecule has 0 aromatic heterocycles. The molecule has 0 amide bonds. The van der Waals surface area contributed by atoms with E-state index in [1.165, 1.54) is 28.2 Å². The second-order valence-electron chi connectivity index (χ2n) is 6.36.